The predicted octanol–water partition coefficient (Wildman–Crippen LogP) is 1.21. The molecule has 0 bridgehead atoms. The molecule has 9 nitrogen and oxygen atoms in total. The number of benzene rings is 1. The minimum atomic E-state index is -0.832. The number of rotatable bonds is 3. The fourth-order valence-electron chi connectivity index (χ4n) is 3.77. The molecule has 5 amide bonds. The van der Waals surface area contributed by atoms with Crippen molar-refractivity contribution in [2.75, 3.05) is 17.2 Å². The van der Waals surface area contributed by atoms with Crippen molar-refractivity contribution in [2.45, 2.75) is 44.2 Å². The zero-order valence-electron chi connectivity index (χ0n) is 14.8. The van der Waals surface area contributed by atoms with Crippen LogP contribution in [0.25, 0.3) is 0 Å². The second-order valence-corrected chi connectivity index (χ2v) is 7.12. The van der Waals surface area contributed by atoms with Gasteiger partial charge in [-0.25, -0.2) is 4.79 Å². The quantitative estimate of drug-likeness (QED) is 0.690. The highest BCUT2D eigenvalue weighted by atomic mass is 16.5. The molecular formula is C18H20N4O5. The summed E-state index contributed by atoms with van der Waals surface area (Å²) in [6.07, 6.45) is 2.40. The lowest BCUT2D eigenvalue weighted by Crippen LogP contribution is -2.44. The van der Waals surface area contributed by atoms with Crippen LogP contribution in [-0.2, 0) is 14.4 Å². The van der Waals surface area contributed by atoms with Gasteiger partial charge in [0, 0.05) is 5.69 Å². The molecule has 2 heterocycles. The molecule has 9 heteroatoms. The summed E-state index contributed by atoms with van der Waals surface area (Å²) < 4.78 is 5.46. The van der Waals surface area contributed by atoms with Gasteiger partial charge in [-0.3, -0.25) is 19.3 Å². The summed E-state index contributed by atoms with van der Waals surface area (Å²) in [6, 6.07) is 4.31. The zero-order valence-corrected chi connectivity index (χ0v) is 14.8. The number of hydrogen-bond donors (Lipinski definition) is 3. The molecule has 1 saturated carbocycles. The van der Waals surface area contributed by atoms with E-state index in [1.807, 2.05) is 0 Å². The molecule has 3 aliphatic rings. The molecule has 4 rings (SSSR count). The molecule has 1 spiro atoms. The number of nitrogens with zero attached hydrogens (tertiary/aromatic N) is 1. The average molecular weight is 372 g/mol. The molecule has 1 unspecified atom stereocenters. The SMILES string of the molecule is CC1Oc2ccc(NC(=O)CN3C(=O)NC4(CCCC4)C3=O)cc2NC1=O. The topological polar surface area (TPSA) is 117 Å². The number of urea groups is 1. The Labute approximate surface area is 155 Å². The van der Waals surface area contributed by atoms with Gasteiger partial charge in [0.25, 0.3) is 11.8 Å². The van der Waals surface area contributed by atoms with Gasteiger partial charge < -0.3 is 20.7 Å². The Morgan fingerprint density at radius 1 is 1.30 bits per heavy atom. The average Bonchev–Trinajstić information content (AvgIpc) is 3.17. The molecule has 3 N–H and O–H groups in total. The van der Waals surface area contributed by atoms with Crippen LogP contribution in [0.5, 0.6) is 5.75 Å². The van der Waals surface area contributed by atoms with Crippen molar-refractivity contribution in [1.29, 1.82) is 0 Å². The summed E-state index contributed by atoms with van der Waals surface area (Å²) in [6.45, 7) is 1.28. The highest BCUT2D eigenvalue weighted by Crippen LogP contribution is 2.35. The van der Waals surface area contributed by atoms with E-state index in [2.05, 4.69) is 16.0 Å². The summed E-state index contributed by atoms with van der Waals surface area (Å²) in [7, 11) is 0. The fourth-order valence-corrected chi connectivity index (χ4v) is 3.77. The van der Waals surface area contributed by atoms with Gasteiger partial charge in [0.15, 0.2) is 6.10 Å². The molecule has 2 aliphatic heterocycles. The van der Waals surface area contributed by atoms with E-state index in [1.165, 1.54) is 0 Å². The number of carbonyl (C=O) groups excluding carboxylic acids is 4. The number of anilines is 2. The van der Waals surface area contributed by atoms with E-state index >= 15 is 0 Å². The Bertz CT molecular complexity index is 846. The van der Waals surface area contributed by atoms with Crippen LogP contribution in [0.2, 0.25) is 0 Å². The molecule has 1 atom stereocenters. The number of carbonyl (C=O) groups is 4. The van der Waals surface area contributed by atoms with Crippen molar-refractivity contribution in [3.63, 3.8) is 0 Å². The highest BCUT2D eigenvalue weighted by molar-refractivity contribution is 6.10. The normalized spacial score (nSPS) is 22.9. The molecule has 27 heavy (non-hydrogen) atoms. The maximum absolute atomic E-state index is 12.6. The Balaban J connectivity index is 1.43. The predicted molar refractivity (Wildman–Crippen MR) is 95.2 cm³/mol. The number of fused-ring (bicyclic) bond motifs is 1. The third kappa shape index (κ3) is 2.98. The number of amides is 5. The molecule has 1 aromatic carbocycles. The summed E-state index contributed by atoms with van der Waals surface area (Å²) >= 11 is 0. The monoisotopic (exact) mass is 372 g/mol. The van der Waals surface area contributed by atoms with Crippen LogP contribution in [0, 0.1) is 0 Å². The van der Waals surface area contributed by atoms with Gasteiger partial charge >= 0.3 is 6.03 Å². The van der Waals surface area contributed by atoms with Crippen LogP contribution in [0.3, 0.4) is 0 Å². The van der Waals surface area contributed by atoms with Gasteiger partial charge in [-0.1, -0.05) is 12.8 Å². The van der Waals surface area contributed by atoms with Crippen LogP contribution in [-0.4, -0.2) is 46.8 Å². The van der Waals surface area contributed by atoms with Crippen molar-refractivity contribution >= 4 is 35.1 Å². The summed E-state index contributed by atoms with van der Waals surface area (Å²) in [4.78, 5) is 49.7. The summed E-state index contributed by atoms with van der Waals surface area (Å²) in [5, 5.41) is 8.09. The van der Waals surface area contributed by atoms with E-state index < -0.39 is 23.6 Å². The van der Waals surface area contributed by atoms with Gasteiger partial charge in [0.05, 0.1) is 5.69 Å². The first-order valence-electron chi connectivity index (χ1n) is 8.93. The Morgan fingerprint density at radius 2 is 2.04 bits per heavy atom. The van der Waals surface area contributed by atoms with E-state index in [0.717, 1.165) is 17.7 Å². The van der Waals surface area contributed by atoms with Crippen molar-refractivity contribution in [1.82, 2.24) is 10.2 Å². The van der Waals surface area contributed by atoms with Crippen molar-refractivity contribution in [3.8, 4) is 5.75 Å². The zero-order chi connectivity index (χ0) is 19.2. The van der Waals surface area contributed by atoms with E-state index in [4.69, 9.17) is 4.74 Å². The third-order valence-electron chi connectivity index (χ3n) is 5.20. The van der Waals surface area contributed by atoms with E-state index in [1.54, 1.807) is 25.1 Å². The van der Waals surface area contributed by atoms with Crippen LogP contribution in [0.1, 0.15) is 32.6 Å². The van der Waals surface area contributed by atoms with Crippen LogP contribution >= 0.6 is 0 Å². The van der Waals surface area contributed by atoms with Crippen LogP contribution in [0.4, 0.5) is 16.2 Å². The standard InChI is InChI=1S/C18H20N4O5/c1-10-15(24)20-12-8-11(4-5-13(12)27-10)19-14(23)9-22-16(25)18(21-17(22)26)6-2-3-7-18/h4-5,8,10H,2-3,6-7,9H2,1H3,(H,19,23)(H,20,24)(H,21,26). The Morgan fingerprint density at radius 3 is 2.78 bits per heavy atom. The molecule has 1 aromatic rings. The lowest BCUT2D eigenvalue weighted by Gasteiger charge is -2.23. The number of nitrogens with one attached hydrogen (secondary N) is 3. The lowest BCUT2D eigenvalue weighted by atomic mass is 9.98. The van der Waals surface area contributed by atoms with Gasteiger partial charge in [-0.15, -0.1) is 0 Å². The highest BCUT2D eigenvalue weighted by Gasteiger charge is 2.52. The van der Waals surface area contributed by atoms with Gasteiger partial charge in [0.2, 0.25) is 5.91 Å². The van der Waals surface area contributed by atoms with Crippen LogP contribution in [0.15, 0.2) is 18.2 Å². The van der Waals surface area contributed by atoms with Crippen molar-refractivity contribution in [2.24, 2.45) is 0 Å². The smallest absolute Gasteiger partial charge is 0.325 e. The Kier molecular flexibility index (Phi) is 4.01. The van der Waals surface area contributed by atoms with E-state index in [0.29, 0.717) is 30.0 Å². The minimum Gasteiger partial charge on any atom is -0.479 e. The largest absolute Gasteiger partial charge is 0.479 e. The van der Waals surface area contributed by atoms with E-state index in [9.17, 15) is 19.2 Å². The van der Waals surface area contributed by atoms with Crippen molar-refractivity contribution in [3.05, 3.63) is 18.2 Å². The third-order valence-corrected chi connectivity index (χ3v) is 5.20. The molecule has 142 valence electrons. The molecule has 0 radical (unpaired) electrons. The Hall–Kier alpha value is -3.10. The molecule has 1 aliphatic carbocycles. The second-order valence-electron chi connectivity index (χ2n) is 7.12. The molecule has 2 fully saturated rings. The summed E-state index contributed by atoms with van der Waals surface area (Å²) in [5.74, 6) is -0.588. The second kappa shape index (κ2) is 6.26. The number of ether oxygens (including phenoxy) is 1. The lowest BCUT2D eigenvalue weighted by molar-refractivity contribution is -0.133. The van der Waals surface area contributed by atoms with Crippen LogP contribution < -0.4 is 20.7 Å². The maximum Gasteiger partial charge on any atom is 0.325 e. The first kappa shape index (κ1) is 17.3. The van der Waals surface area contributed by atoms with E-state index in [-0.39, 0.29) is 18.4 Å². The van der Waals surface area contributed by atoms with Gasteiger partial charge in [0.1, 0.15) is 17.8 Å². The molecule has 0 aromatic heterocycles. The van der Waals surface area contributed by atoms with Crippen molar-refractivity contribution < 1.29 is 23.9 Å². The first-order chi connectivity index (χ1) is 12.9. The number of imide groups is 1. The first-order valence-corrected chi connectivity index (χ1v) is 8.93. The number of hydrogen-bond acceptors (Lipinski definition) is 5. The molecule has 1 saturated heterocycles. The summed E-state index contributed by atoms with van der Waals surface area (Å²) in [5.41, 5.74) is 0.0530. The maximum atomic E-state index is 12.6. The minimum absolute atomic E-state index is 0.271. The fraction of sp³-hybridized carbons (Fsp3) is 0.444. The van der Waals surface area contributed by atoms with Gasteiger partial charge in [-0.05, 0) is 38.0 Å². The molecular weight excluding hydrogens is 352 g/mol. The van der Waals surface area contributed by atoms with Gasteiger partial charge in [-0.2, -0.15) is 0 Å².